The summed E-state index contributed by atoms with van der Waals surface area (Å²) in [5.41, 5.74) is 2.15. The van der Waals surface area contributed by atoms with Crippen LogP contribution in [0, 0.1) is 0 Å². The molecule has 25 heavy (non-hydrogen) atoms. The third-order valence-electron chi connectivity index (χ3n) is 4.03. The van der Waals surface area contributed by atoms with Crippen LogP contribution in [0.2, 0.25) is 0 Å². The SMILES string of the molecule is CN(C)C(=O)c1cccc(NC(=O)Cc2cccc3ccccc23)c1. The van der Waals surface area contributed by atoms with Gasteiger partial charge in [-0.1, -0.05) is 48.5 Å². The van der Waals surface area contributed by atoms with E-state index in [1.165, 1.54) is 4.90 Å². The number of anilines is 1. The summed E-state index contributed by atoms with van der Waals surface area (Å²) in [6.45, 7) is 0. The summed E-state index contributed by atoms with van der Waals surface area (Å²) in [6.07, 6.45) is 0.285. The van der Waals surface area contributed by atoms with Crippen LogP contribution in [0.15, 0.2) is 66.7 Å². The van der Waals surface area contributed by atoms with Gasteiger partial charge in [0.1, 0.15) is 0 Å². The van der Waals surface area contributed by atoms with E-state index < -0.39 is 0 Å². The highest BCUT2D eigenvalue weighted by atomic mass is 16.2. The van der Waals surface area contributed by atoms with Gasteiger partial charge >= 0.3 is 0 Å². The van der Waals surface area contributed by atoms with Crippen molar-refractivity contribution in [3.63, 3.8) is 0 Å². The van der Waals surface area contributed by atoms with Crippen molar-refractivity contribution < 1.29 is 9.59 Å². The lowest BCUT2D eigenvalue weighted by atomic mass is 10.0. The third kappa shape index (κ3) is 3.86. The molecule has 2 amide bonds. The first-order valence-electron chi connectivity index (χ1n) is 8.13. The number of nitrogens with zero attached hydrogens (tertiary/aromatic N) is 1. The van der Waals surface area contributed by atoms with Crippen molar-refractivity contribution in [3.8, 4) is 0 Å². The Morgan fingerprint density at radius 3 is 2.44 bits per heavy atom. The molecule has 0 bridgehead atoms. The fourth-order valence-corrected chi connectivity index (χ4v) is 2.81. The summed E-state index contributed by atoms with van der Waals surface area (Å²) < 4.78 is 0. The minimum atomic E-state index is -0.106. The van der Waals surface area contributed by atoms with Gasteiger partial charge in [0.05, 0.1) is 6.42 Å². The van der Waals surface area contributed by atoms with E-state index in [1.807, 2.05) is 42.5 Å². The van der Waals surface area contributed by atoms with Crippen LogP contribution in [0.5, 0.6) is 0 Å². The second-order valence-electron chi connectivity index (χ2n) is 6.14. The van der Waals surface area contributed by atoms with Crippen LogP contribution in [0.3, 0.4) is 0 Å². The van der Waals surface area contributed by atoms with Gasteiger partial charge in [0.2, 0.25) is 5.91 Å². The zero-order valence-electron chi connectivity index (χ0n) is 14.3. The van der Waals surface area contributed by atoms with E-state index >= 15 is 0 Å². The number of rotatable bonds is 4. The molecule has 3 aromatic rings. The van der Waals surface area contributed by atoms with Crippen LogP contribution in [0.25, 0.3) is 10.8 Å². The van der Waals surface area contributed by atoms with Crippen LogP contribution >= 0.6 is 0 Å². The molecule has 0 saturated heterocycles. The molecule has 1 N–H and O–H groups in total. The average molecular weight is 332 g/mol. The third-order valence-corrected chi connectivity index (χ3v) is 4.03. The maximum atomic E-state index is 12.4. The van der Waals surface area contributed by atoms with E-state index in [1.54, 1.807) is 38.4 Å². The van der Waals surface area contributed by atoms with Crippen LogP contribution in [-0.4, -0.2) is 30.8 Å². The Bertz CT molecular complexity index is 927. The molecule has 126 valence electrons. The Morgan fingerprint density at radius 1 is 0.920 bits per heavy atom. The summed E-state index contributed by atoms with van der Waals surface area (Å²) >= 11 is 0. The van der Waals surface area contributed by atoms with Gasteiger partial charge in [0, 0.05) is 25.3 Å². The number of hydrogen-bond acceptors (Lipinski definition) is 2. The highest BCUT2D eigenvalue weighted by Crippen LogP contribution is 2.19. The second-order valence-corrected chi connectivity index (χ2v) is 6.14. The lowest BCUT2D eigenvalue weighted by molar-refractivity contribution is -0.115. The molecule has 4 nitrogen and oxygen atoms in total. The fraction of sp³-hybridized carbons (Fsp3) is 0.143. The Kier molecular flexibility index (Phi) is 4.80. The largest absolute Gasteiger partial charge is 0.345 e. The van der Waals surface area contributed by atoms with E-state index in [4.69, 9.17) is 0 Å². The van der Waals surface area contributed by atoms with Gasteiger partial charge in [-0.2, -0.15) is 0 Å². The number of nitrogens with one attached hydrogen (secondary N) is 1. The highest BCUT2D eigenvalue weighted by molar-refractivity contribution is 5.98. The minimum Gasteiger partial charge on any atom is -0.345 e. The van der Waals surface area contributed by atoms with Crippen LogP contribution in [0.1, 0.15) is 15.9 Å². The Morgan fingerprint density at radius 2 is 1.64 bits per heavy atom. The molecule has 0 aliphatic heterocycles. The van der Waals surface area contributed by atoms with Gasteiger partial charge in [0.15, 0.2) is 0 Å². The van der Waals surface area contributed by atoms with Crippen molar-refractivity contribution in [3.05, 3.63) is 77.9 Å². The molecule has 3 aromatic carbocycles. The number of amides is 2. The van der Waals surface area contributed by atoms with Crippen molar-refractivity contribution in [2.24, 2.45) is 0 Å². The maximum absolute atomic E-state index is 12.4. The number of carbonyl (C=O) groups excluding carboxylic acids is 2. The molecule has 0 aromatic heterocycles. The predicted octanol–water partition coefficient (Wildman–Crippen LogP) is 3.72. The fourth-order valence-electron chi connectivity index (χ4n) is 2.81. The van der Waals surface area contributed by atoms with Gasteiger partial charge in [-0.25, -0.2) is 0 Å². The van der Waals surface area contributed by atoms with Gasteiger partial charge in [-0.3, -0.25) is 9.59 Å². The normalized spacial score (nSPS) is 10.5. The average Bonchev–Trinajstić information content (AvgIpc) is 2.61. The number of benzene rings is 3. The summed E-state index contributed by atoms with van der Waals surface area (Å²) in [4.78, 5) is 26.0. The number of fused-ring (bicyclic) bond motifs is 1. The zero-order chi connectivity index (χ0) is 17.8. The monoisotopic (exact) mass is 332 g/mol. The highest BCUT2D eigenvalue weighted by Gasteiger charge is 2.11. The Balaban J connectivity index is 1.77. The van der Waals surface area contributed by atoms with Crippen LogP contribution in [-0.2, 0) is 11.2 Å². The summed E-state index contributed by atoms with van der Waals surface area (Å²) in [5.74, 6) is -0.198. The smallest absolute Gasteiger partial charge is 0.253 e. The molecule has 0 unspecified atom stereocenters. The molecular weight excluding hydrogens is 312 g/mol. The molecule has 4 heteroatoms. The quantitative estimate of drug-likeness (QED) is 0.791. The van der Waals surface area contributed by atoms with E-state index in [2.05, 4.69) is 5.32 Å². The molecule has 0 radical (unpaired) electrons. The van der Waals surface area contributed by atoms with Gasteiger partial charge in [0.25, 0.3) is 5.91 Å². The molecule has 0 aliphatic rings. The van der Waals surface area contributed by atoms with Gasteiger partial charge in [-0.05, 0) is 34.5 Å². The maximum Gasteiger partial charge on any atom is 0.253 e. The summed E-state index contributed by atoms with van der Waals surface area (Å²) in [6, 6.07) is 21.0. The lowest BCUT2D eigenvalue weighted by Crippen LogP contribution is -2.22. The van der Waals surface area contributed by atoms with Crippen LogP contribution in [0.4, 0.5) is 5.69 Å². The van der Waals surface area contributed by atoms with Gasteiger partial charge < -0.3 is 10.2 Å². The Labute approximate surface area is 147 Å². The zero-order valence-corrected chi connectivity index (χ0v) is 14.3. The first kappa shape index (κ1) is 16.7. The van der Waals surface area contributed by atoms with E-state index in [-0.39, 0.29) is 18.2 Å². The molecular formula is C21H20N2O2. The van der Waals surface area contributed by atoms with E-state index in [0.29, 0.717) is 11.3 Å². The number of hydrogen-bond donors (Lipinski definition) is 1. The lowest BCUT2D eigenvalue weighted by Gasteiger charge is -2.12. The van der Waals surface area contributed by atoms with E-state index in [0.717, 1.165) is 16.3 Å². The molecule has 3 rings (SSSR count). The topological polar surface area (TPSA) is 49.4 Å². The predicted molar refractivity (Wildman–Crippen MR) is 101 cm³/mol. The standard InChI is InChI=1S/C21H20N2O2/c1-23(2)21(25)17-10-6-11-18(13-17)22-20(24)14-16-9-5-8-15-7-3-4-12-19(15)16/h3-13H,14H2,1-2H3,(H,22,24). The molecule has 0 spiro atoms. The molecule has 0 atom stereocenters. The van der Waals surface area contributed by atoms with Crippen molar-refractivity contribution >= 4 is 28.3 Å². The first-order chi connectivity index (χ1) is 12.0. The van der Waals surface area contributed by atoms with Crippen LogP contribution < -0.4 is 5.32 Å². The first-order valence-corrected chi connectivity index (χ1v) is 8.13. The summed E-state index contributed by atoms with van der Waals surface area (Å²) in [7, 11) is 3.40. The molecule has 0 heterocycles. The molecule has 0 fully saturated rings. The molecule has 0 aliphatic carbocycles. The Hall–Kier alpha value is -3.14. The number of carbonyl (C=O) groups is 2. The summed E-state index contributed by atoms with van der Waals surface area (Å²) in [5, 5.41) is 5.08. The van der Waals surface area contributed by atoms with E-state index in [9.17, 15) is 9.59 Å². The van der Waals surface area contributed by atoms with Crippen molar-refractivity contribution in [2.75, 3.05) is 19.4 Å². The van der Waals surface area contributed by atoms with Crippen molar-refractivity contribution in [1.82, 2.24) is 4.90 Å². The van der Waals surface area contributed by atoms with Crippen molar-refractivity contribution in [1.29, 1.82) is 0 Å². The second kappa shape index (κ2) is 7.18. The molecule has 0 saturated carbocycles. The minimum absolute atomic E-state index is 0.0925. The van der Waals surface area contributed by atoms with Gasteiger partial charge in [-0.15, -0.1) is 0 Å². The van der Waals surface area contributed by atoms with Crippen molar-refractivity contribution in [2.45, 2.75) is 6.42 Å².